The van der Waals surface area contributed by atoms with Gasteiger partial charge in [-0.25, -0.2) is 4.79 Å². The lowest BCUT2D eigenvalue weighted by molar-refractivity contribution is -0.116. The lowest BCUT2D eigenvalue weighted by Crippen LogP contribution is -2.33. The van der Waals surface area contributed by atoms with E-state index in [0.29, 0.717) is 49.8 Å². The zero-order valence-electron chi connectivity index (χ0n) is 14.3. The smallest absolute Gasteiger partial charge is 0.407 e. The van der Waals surface area contributed by atoms with Gasteiger partial charge in [0.25, 0.3) is 0 Å². The average Bonchev–Trinajstić information content (AvgIpc) is 2.50. The van der Waals surface area contributed by atoms with E-state index >= 15 is 0 Å². The Morgan fingerprint density at radius 3 is 2.58 bits per heavy atom. The van der Waals surface area contributed by atoms with Crippen molar-refractivity contribution in [3.63, 3.8) is 0 Å². The third-order valence-corrected chi connectivity index (χ3v) is 3.07. The second kappa shape index (κ2) is 7.90. The first-order chi connectivity index (χ1) is 11.3. The van der Waals surface area contributed by atoms with Gasteiger partial charge in [-0.15, -0.1) is 0 Å². The van der Waals surface area contributed by atoms with E-state index in [1.807, 2.05) is 0 Å². The van der Waals surface area contributed by atoms with E-state index < -0.39 is 11.7 Å². The number of fused-ring (bicyclic) bond motifs is 1. The molecule has 0 bridgehead atoms. The summed E-state index contributed by atoms with van der Waals surface area (Å²) in [5, 5.41) is 5.42. The summed E-state index contributed by atoms with van der Waals surface area (Å²) < 4.78 is 16.0. The zero-order chi connectivity index (χ0) is 17.6. The summed E-state index contributed by atoms with van der Waals surface area (Å²) in [6.07, 6.45) is 0.342. The molecule has 0 saturated carbocycles. The Labute approximate surface area is 141 Å². The molecule has 0 fully saturated rings. The molecule has 2 rings (SSSR count). The summed E-state index contributed by atoms with van der Waals surface area (Å²) >= 11 is 0. The predicted octanol–water partition coefficient (Wildman–Crippen LogP) is 2.70. The molecule has 0 radical (unpaired) electrons. The molecular formula is C17H24N2O5. The minimum Gasteiger partial charge on any atom is -0.486 e. The highest BCUT2D eigenvalue weighted by molar-refractivity contribution is 5.91. The molecule has 1 aromatic carbocycles. The molecule has 0 spiro atoms. The highest BCUT2D eigenvalue weighted by Crippen LogP contribution is 2.32. The number of carbonyl (C=O) groups excluding carboxylic acids is 2. The van der Waals surface area contributed by atoms with E-state index in [9.17, 15) is 9.59 Å². The first kappa shape index (κ1) is 17.9. The molecule has 1 aliphatic heterocycles. The second-order valence-electron chi connectivity index (χ2n) is 6.44. The van der Waals surface area contributed by atoms with E-state index in [-0.39, 0.29) is 5.91 Å². The van der Waals surface area contributed by atoms with Gasteiger partial charge in [0.15, 0.2) is 11.5 Å². The van der Waals surface area contributed by atoms with Crippen LogP contribution < -0.4 is 20.1 Å². The Balaban J connectivity index is 1.69. The van der Waals surface area contributed by atoms with Gasteiger partial charge in [-0.1, -0.05) is 0 Å². The quantitative estimate of drug-likeness (QED) is 0.808. The van der Waals surface area contributed by atoms with Gasteiger partial charge in [0.1, 0.15) is 18.8 Å². The van der Waals surface area contributed by atoms with Crippen molar-refractivity contribution in [3.05, 3.63) is 18.2 Å². The van der Waals surface area contributed by atoms with Crippen LogP contribution in [0.3, 0.4) is 0 Å². The number of carbonyl (C=O) groups is 2. The van der Waals surface area contributed by atoms with Crippen molar-refractivity contribution in [2.45, 2.75) is 39.2 Å². The second-order valence-corrected chi connectivity index (χ2v) is 6.44. The SMILES string of the molecule is CC(C)(C)OC(=O)NCCCC(=O)Nc1ccc2c(c1)OCCO2. The molecule has 0 unspecified atom stereocenters. The van der Waals surface area contributed by atoms with Crippen LogP contribution in [0.5, 0.6) is 11.5 Å². The Kier molecular flexibility index (Phi) is 5.89. The van der Waals surface area contributed by atoms with Crippen LogP contribution in [0, 0.1) is 0 Å². The standard InChI is InChI=1S/C17H24N2O5/c1-17(2,3)24-16(21)18-8-4-5-15(20)19-12-6-7-13-14(11-12)23-10-9-22-13/h6-7,11H,4-5,8-10H2,1-3H3,(H,18,21)(H,19,20). The molecule has 7 heteroatoms. The van der Waals surface area contributed by atoms with E-state index in [2.05, 4.69) is 10.6 Å². The maximum atomic E-state index is 11.9. The predicted molar refractivity (Wildman–Crippen MR) is 89.5 cm³/mol. The van der Waals surface area contributed by atoms with Crippen LogP contribution in [-0.4, -0.2) is 37.4 Å². The van der Waals surface area contributed by atoms with Gasteiger partial charge in [-0.2, -0.15) is 0 Å². The van der Waals surface area contributed by atoms with Crippen molar-refractivity contribution in [3.8, 4) is 11.5 Å². The maximum absolute atomic E-state index is 11.9. The Hall–Kier alpha value is -2.44. The topological polar surface area (TPSA) is 85.9 Å². The van der Waals surface area contributed by atoms with Gasteiger partial charge in [-0.3, -0.25) is 4.79 Å². The number of nitrogens with one attached hydrogen (secondary N) is 2. The molecular weight excluding hydrogens is 312 g/mol. The van der Waals surface area contributed by atoms with Crippen molar-refractivity contribution < 1.29 is 23.8 Å². The van der Waals surface area contributed by atoms with E-state index in [1.165, 1.54) is 0 Å². The van der Waals surface area contributed by atoms with Crippen molar-refractivity contribution >= 4 is 17.7 Å². The Bertz CT molecular complexity index is 595. The maximum Gasteiger partial charge on any atom is 0.407 e. The van der Waals surface area contributed by atoms with Gasteiger partial charge in [0.05, 0.1) is 0 Å². The fourth-order valence-corrected chi connectivity index (χ4v) is 2.10. The summed E-state index contributed by atoms with van der Waals surface area (Å²) in [7, 11) is 0. The number of anilines is 1. The largest absolute Gasteiger partial charge is 0.486 e. The third-order valence-electron chi connectivity index (χ3n) is 3.07. The molecule has 7 nitrogen and oxygen atoms in total. The Morgan fingerprint density at radius 1 is 1.17 bits per heavy atom. The number of ether oxygens (including phenoxy) is 3. The van der Waals surface area contributed by atoms with E-state index in [1.54, 1.807) is 39.0 Å². The number of benzene rings is 1. The minimum atomic E-state index is -0.528. The fourth-order valence-electron chi connectivity index (χ4n) is 2.10. The minimum absolute atomic E-state index is 0.127. The summed E-state index contributed by atoms with van der Waals surface area (Å²) in [6.45, 7) is 6.81. The van der Waals surface area contributed by atoms with Crippen molar-refractivity contribution in [2.24, 2.45) is 0 Å². The molecule has 0 aromatic heterocycles. The molecule has 0 aliphatic carbocycles. The van der Waals surface area contributed by atoms with E-state index in [0.717, 1.165) is 0 Å². The van der Waals surface area contributed by atoms with Crippen LogP contribution in [-0.2, 0) is 9.53 Å². The molecule has 132 valence electrons. The lowest BCUT2D eigenvalue weighted by Gasteiger charge is -2.19. The number of rotatable bonds is 5. The molecule has 24 heavy (non-hydrogen) atoms. The average molecular weight is 336 g/mol. The third kappa shape index (κ3) is 5.98. The fraction of sp³-hybridized carbons (Fsp3) is 0.529. The van der Waals surface area contributed by atoms with Gasteiger partial charge in [0.2, 0.25) is 5.91 Å². The Morgan fingerprint density at radius 2 is 1.88 bits per heavy atom. The summed E-state index contributed by atoms with van der Waals surface area (Å²) in [6, 6.07) is 5.28. The van der Waals surface area contributed by atoms with Crippen LogP contribution >= 0.6 is 0 Å². The zero-order valence-corrected chi connectivity index (χ0v) is 14.3. The van der Waals surface area contributed by atoms with Crippen LogP contribution in [0.2, 0.25) is 0 Å². The van der Waals surface area contributed by atoms with Crippen molar-refractivity contribution in [2.75, 3.05) is 25.1 Å². The summed E-state index contributed by atoms with van der Waals surface area (Å²) in [4.78, 5) is 23.4. The van der Waals surface area contributed by atoms with Gasteiger partial charge >= 0.3 is 6.09 Å². The van der Waals surface area contributed by atoms with Gasteiger partial charge in [-0.05, 0) is 39.3 Å². The first-order valence-corrected chi connectivity index (χ1v) is 8.00. The van der Waals surface area contributed by atoms with E-state index in [4.69, 9.17) is 14.2 Å². The molecule has 0 atom stereocenters. The van der Waals surface area contributed by atoms with Crippen LogP contribution in [0.1, 0.15) is 33.6 Å². The highest BCUT2D eigenvalue weighted by Gasteiger charge is 2.16. The van der Waals surface area contributed by atoms with Gasteiger partial charge < -0.3 is 24.8 Å². The van der Waals surface area contributed by atoms with Crippen LogP contribution in [0.4, 0.5) is 10.5 Å². The molecule has 2 N–H and O–H groups in total. The monoisotopic (exact) mass is 336 g/mol. The number of hydrogen-bond acceptors (Lipinski definition) is 5. The number of alkyl carbamates (subject to hydrolysis) is 1. The summed E-state index contributed by atoms with van der Waals surface area (Å²) in [5.41, 5.74) is 0.129. The lowest BCUT2D eigenvalue weighted by atomic mass is 10.2. The first-order valence-electron chi connectivity index (χ1n) is 8.00. The molecule has 2 amide bonds. The molecule has 1 aromatic rings. The van der Waals surface area contributed by atoms with Gasteiger partial charge in [0, 0.05) is 24.7 Å². The molecule has 1 heterocycles. The normalized spacial score (nSPS) is 13.1. The van der Waals surface area contributed by atoms with Crippen LogP contribution in [0.15, 0.2) is 18.2 Å². The summed E-state index contributed by atoms with van der Waals surface area (Å²) in [5.74, 6) is 1.18. The highest BCUT2D eigenvalue weighted by atomic mass is 16.6. The number of amides is 2. The van der Waals surface area contributed by atoms with Crippen molar-refractivity contribution in [1.29, 1.82) is 0 Å². The van der Waals surface area contributed by atoms with Crippen molar-refractivity contribution in [1.82, 2.24) is 5.32 Å². The molecule has 0 saturated heterocycles. The van der Waals surface area contributed by atoms with Crippen LogP contribution in [0.25, 0.3) is 0 Å². The number of hydrogen-bond donors (Lipinski definition) is 2. The molecule has 1 aliphatic rings.